The molecule has 1 aromatic rings. The molecule has 0 aromatic carbocycles. The molecule has 2 aliphatic rings. The Labute approximate surface area is 133 Å². The maximum absolute atomic E-state index is 12.7. The highest BCUT2D eigenvalue weighted by Crippen LogP contribution is 2.32. The highest BCUT2D eigenvalue weighted by molar-refractivity contribution is 5.79. The SMILES string of the molecule is NCC1CCC(C(=O)N2CCC(c3ccncc3)CC2)CC1. The number of piperidine rings is 1. The molecule has 3 rings (SSSR count). The normalized spacial score (nSPS) is 26.9. The van der Waals surface area contributed by atoms with Gasteiger partial charge in [0.2, 0.25) is 5.91 Å². The molecule has 0 spiro atoms. The topological polar surface area (TPSA) is 59.2 Å². The average molecular weight is 301 g/mol. The molecule has 4 heteroatoms. The van der Waals surface area contributed by atoms with E-state index < -0.39 is 0 Å². The van der Waals surface area contributed by atoms with Crippen molar-refractivity contribution in [2.45, 2.75) is 44.4 Å². The number of pyridine rings is 1. The van der Waals surface area contributed by atoms with Crippen molar-refractivity contribution in [3.05, 3.63) is 30.1 Å². The van der Waals surface area contributed by atoms with Crippen molar-refractivity contribution in [3.63, 3.8) is 0 Å². The highest BCUT2D eigenvalue weighted by atomic mass is 16.2. The minimum absolute atomic E-state index is 0.250. The van der Waals surface area contributed by atoms with Crippen molar-refractivity contribution >= 4 is 5.91 Å². The van der Waals surface area contributed by atoms with E-state index in [1.807, 2.05) is 12.4 Å². The summed E-state index contributed by atoms with van der Waals surface area (Å²) >= 11 is 0. The fraction of sp³-hybridized carbons (Fsp3) is 0.667. The lowest BCUT2D eigenvalue weighted by Crippen LogP contribution is -2.42. The van der Waals surface area contributed by atoms with Gasteiger partial charge in [0, 0.05) is 31.4 Å². The van der Waals surface area contributed by atoms with Crippen molar-refractivity contribution < 1.29 is 4.79 Å². The third-order valence-corrected chi connectivity index (χ3v) is 5.51. The van der Waals surface area contributed by atoms with Crippen LogP contribution < -0.4 is 5.73 Å². The van der Waals surface area contributed by atoms with E-state index in [0.29, 0.717) is 17.7 Å². The van der Waals surface area contributed by atoms with Crippen molar-refractivity contribution in [2.24, 2.45) is 17.6 Å². The number of hydrogen-bond donors (Lipinski definition) is 1. The Balaban J connectivity index is 1.50. The first-order valence-electron chi connectivity index (χ1n) is 8.66. The molecule has 2 N–H and O–H groups in total. The molecule has 120 valence electrons. The van der Waals surface area contributed by atoms with Gasteiger partial charge in [-0.15, -0.1) is 0 Å². The van der Waals surface area contributed by atoms with Crippen LogP contribution in [0.15, 0.2) is 24.5 Å². The lowest BCUT2D eigenvalue weighted by atomic mass is 9.81. The number of hydrogen-bond acceptors (Lipinski definition) is 3. The van der Waals surface area contributed by atoms with Crippen molar-refractivity contribution in [2.75, 3.05) is 19.6 Å². The molecule has 2 fully saturated rings. The van der Waals surface area contributed by atoms with E-state index in [4.69, 9.17) is 5.73 Å². The summed E-state index contributed by atoms with van der Waals surface area (Å²) in [7, 11) is 0. The van der Waals surface area contributed by atoms with Gasteiger partial charge in [-0.25, -0.2) is 0 Å². The molecule has 0 atom stereocenters. The molecule has 1 saturated heterocycles. The van der Waals surface area contributed by atoms with Crippen molar-refractivity contribution in [3.8, 4) is 0 Å². The second-order valence-electron chi connectivity index (χ2n) is 6.83. The van der Waals surface area contributed by atoms with Crippen LogP contribution in [-0.4, -0.2) is 35.4 Å². The summed E-state index contributed by atoms with van der Waals surface area (Å²) in [5.74, 6) is 1.87. The van der Waals surface area contributed by atoms with Gasteiger partial charge in [-0.2, -0.15) is 0 Å². The van der Waals surface area contributed by atoms with Crippen LogP contribution in [0.5, 0.6) is 0 Å². The van der Waals surface area contributed by atoms with Gasteiger partial charge in [-0.3, -0.25) is 9.78 Å². The van der Waals surface area contributed by atoms with Gasteiger partial charge in [0.15, 0.2) is 0 Å². The van der Waals surface area contributed by atoms with Crippen LogP contribution in [0, 0.1) is 11.8 Å². The smallest absolute Gasteiger partial charge is 0.225 e. The van der Waals surface area contributed by atoms with Crippen LogP contribution in [-0.2, 0) is 4.79 Å². The Bertz CT molecular complexity index is 474. The van der Waals surface area contributed by atoms with Crippen LogP contribution in [0.4, 0.5) is 0 Å². The maximum atomic E-state index is 12.7. The van der Waals surface area contributed by atoms with Gasteiger partial charge in [0.05, 0.1) is 0 Å². The van der Waals surface area contributed by atoms with E-state index in [9.17, 15) is 4.79 Å². The van der Waals surface area contributed by atoms with Gasteiger partial charge in [0.1, 0.15) is 0 Å². The molecule has 0 bridgehead atoms. The summed E-state index contributed by atoms with van der Waals surface area (Å²) in [5.41, 5.74) is 7.10. The van der Waals surface area contributed by atoms with Gasteiger partial charge in [-0.05, 0) is 74.6 Å². The maximum Gasteiger partial charge on any atom is 0.225 e. The first-order chi connectivity index (χ1) is 10.8. The van der Waals surface area contributed by atoms with E-state index in [2.05, 4.69) is 22.0 Å². The number of carbonyl (C=O) groups is 1. The van der Waals surface area contributed by atoms with Crippen LogP contribution in [0.3, 0.4) is 0 Å². The summed E-state index contributed by atoms with van der Waals surface area (Å²) in [6.07, 6.45) is 10.2. The zero-order valence-corrected chi connectivity index (χ0v) is 13.3. The monoisotopic (exact) mass is 301 g/mol. The number of aromatic nitrogens is 1. The Morgan fingerprint density at radius 3 is 2.32 bits per heavy atom. The second-order valence-corrected chi connectivity index (χ2v) is 6.83. The van der Waals surface area contributed by atoms with E-state index in [1.54, 1.807) is 0 Å². The highest BCUT2D eigenvalue weighted by Gasteiger charge is 2.31. The molecular weight excluding hydrogens is 274 g/mol. The van der Waals surface area contributed by atoms with Crippen LogP contribution >= 0.6 is 0 Å². The number of nitrogens with two attached hydrogens (primary N) is 1. The van der Waals surface area contributed by atoms with E-state index >= 15 is 0 Å². The molecule has 0 radical (unpaired) electrons. The molecular formula is C18H27N3O. The third kappa shape index (κ3) is 3.49. The molecule has 1 aliphatic carbocycles. The molecule has 22 heavy (non-hydrogen) atoms. The Kier molecular flexibility index (Phi) is 5.08. The second kappa shape index (κ2) is 7.23. The van der Waals surface area contributed by atoms with Crippen molar-refractivity contribution in [1.82, 2.24) is 9.88 Å². The summed E-state index contributed by atoms with van der Waals surface area (Å²) in [6, 6.07) is 4.21. The molecule has 1 amide bonds. The average Bonchev–Trinajstić information content (AvgIpc) is 2.62. The minimum Gasteiger partial charge on any atom is -0.342 e. The predicted molar refractivity (Wildman–Crippen MR) is 87.3 cm³/mol. The largest absolute Gasteiger partial charge is 0.342 e. The number of nitrogens with zero attached hydrogens (tertiary/aromatic N) is 2. The summed E-state index contributed by atoms with van der Waals surface area (Å²) < 4.78 is 0. The molecule has 1 aliphatic heterocycles. The molecule has 4 nitrogen and oxygen atoms in total. The minimum atomic E-state index is 0.250. The third-order valence-electron chi connectivity index (χ3n) is 5.51. The lowest BCUT2D eigenvalue weighted by molar-refractivity contribution is -0.137. The molecule has 1 aromatic heterocycles. The van der Waals surface area contributed by atoms with E-state index in [0.717, 1.165) is 58.2 Å². The Hall–Kier alpha value is -1.42. The lowest BCUT2D eigenvalue weighted by Gasteiger charge is -2.36. The van der Waals surface area contributed by atoms with Gasteiger partial charge in [0.25, 0.3) is 0 Å². The summed E-state index contributed by atoms with van der Waals surface area (Å²) in [4.78, 5) is 18.9. The first-order valence-corrected chi connectivity index (χ1v) is 8.66. The summed E-state index contributed by atoms with van der Waals surface area (Å²) in [5, 5.41) is 0. The molecule has 0 unspecified atom stereocenters. The Morgan fingerprint density at radius 1 is 1.09 bits per heavy atom. The summed E-state index contributed by atoms with van der Waals surface area (Å²) in [6.45, 7) is 2.59. The zero-order valence-electron chi connectivity index (χ0n) is 13.3. The fourth-order valence-corrected chi connectivity index (χ4v) is 3.97. The predicted octanol–water partition coefficient (Wildman–Crippen LogP) is 2.55. The van der Waals surface area contributed by atoms with E-state index in [-0.39, 0.29) is 5.92 Å². The molecule has 2 heterocycles. The van der Waals surface area contributed by atoms with Gasteiger partial charge in [-0.1, -0.05) is 0 Å². The zero-order chi connectivity index (χ0) is 15.4. The van der Waals surface area contributed by atoms with Gasteiger partial charge >= 0.3 is 0 Å². The number of rotatable bonds is 3. The number of carbonyl (C=O) groups excluding carboxylic acids is 1. The quantitative estimate of drug-likeness (QED) is 0.933. The number of amides is 1. The molecule has 1 saturated carbocycles. The first kappa shape index (κ1) is 15.5. The van der Waals surface area contributed by atoms with Crippen LogP contribution in [0.25, 0.3) is 0 Å². The van der Waals surface area contributed by atoms with E-state index in [1.165, 1.54) is 5.56 Å². The number of likely N-dealkylation sites (tertiary alicyclic amines) is 1. The van der Waals surface area contributed by atoms with Crippen LogP contribution in [0.2, 0.25) is 0 Å². The van der Waals surface area contributed by atoms with Gasteiger partial charge < -0.3 is 10.6 Å². The fourth-order valence-electron chi connectivity index (χ4n) is 3.97. The Morgan fingerprint density at radius 2 is 1.73 bits per heavy atom. The van der Waals surface area contributed by atoms with Crippen LogP contribution in [0.1, 0.15) is 50.0 Å². The standard InChI is InChI=1S/C18H27N3O/c19-13-14-1-3-17(4-2-14)18(22)21-11-7-16(8-12-21)15-5-9-20-10-6-15/h5-6,9-10,14,16-17H,1-4,7-8,11-13,19H2. The van der Waals surface area contributed by atoms with Crippen molar-refractivity contribution in [1.29, 1.82) is 0 Å².